The Morgan fingerprint density at radius 3 is 2.67 bits per heavy atom. The highest BCUT2D eigenvalue weighted by Gasteiger charge is 2.27. The number of nitrogens with two attached hydrogens (primary N) is 1. The summed E-state index contributed by atoms with van der Waals surface area (Å²) in [4.78, 5) is 14.5. The minimum Gasteiger partial charge on any atom is -0.382 e. The molecule has 3 unspecified atom stereocenters. The van der Waals surface area contributed by atoms with Gasteiger partial charge in [-0.2, -0.15) is 0 Å². The predicted octanol–water partition coefficient (Wildman–Crippen LogP) is 1.45. The summed E-state index contributed by atoms with van der Waals surface area (Å²) in [5, 5.41) is 3.14. The number of nitrogens with one attached hydrogen (secondary N) is 1. The van der Waals surface area contributed by atoms with Crippen molar-refractivity contribution < 1.29 is 14.3 Å². The molecule has 24 heavy (non-hydrogen) atoms. The van der Waals surface area contributed by atoms with E-state index in [9.17, 15) is 4.79 Å². The number of halogens is 2. The molecule has 1 aliphatic rings. The fourth-order valence-corrected chi connectivity index (χ4v) is 2.92. The lowest BCUT2D eigenvalue weighted by Gasteiger charge is -2.37. The van der Waals surface area contributed by atoms with Gasteiger partial charge in [0.2, 0.25) is 5.91 Å². The van der Waals surface area contributed by atoms with E-state index in [1.54, 1.807) is 7.11 Å². The summed E-state index contributed by atoms with van der Waals surface area (Å²) in [6.07, 6.45) is 2.23. The van der Waals surface area contributed by atoms with E-state index in [0.717, 1.165) is 45.7 Å². The van der Waals surface area contributed by atoms with Crippen molar-refractivity contribution in [1.82, 2.24) is 10.2 Å². The molecule has 0 bridgehead atoms. The monoisotopic (exact) mass is 387 g/mol. The van der Waals surface area contributed by atoms with Crippen LogP contribution in [0, 0.1) is 5.92 Å². The third-order valence-electron chi connectivity index (χ3n) is 4.31. The second kappa shape index (κ2) is 15.2. The highest BCUT2D eigenvalue weighted by molar-refractivity contribution is 5.85. The van der Waals surface area contributed by atoms with E-state index in [0.29, 0.717) is 18.9 Å². The summed E-state index contributed by atoms with van der Waals surface area (Å²) < 4.78 is 10.5. The maximum Gasteiger partial charge on any atom is 0.222 e. The Morgan fingerprint density at radius 2 is 2.12 bits per heavy atom. The van der Waals surface area contributed by atoms with Gasteiger partial charge in [-0.15, -0.1) is 24.8 Å². The summed E-state index contributed by atoms with van der Waals surface area (Å²) in [5.41, 5.74) is 5.56. The number of carbonyl (C=O) groups is 1. The number of carbonyl (C=O) groups excluding carboxylic acids is 1. The number of nitrogens with zero attached hydrogens (tertiary/aromatic N) is 1. The molecule has 0 spiro atoms. The molecule has 146 valence electrons. The van der Waals surface area contributed by atoms with E-state index < -0.39 is 0 Å². The van der Waals surface area contributed by atoms with Gasteiger partial charge in [-0.1, -0.05) is 6.92 Å². The average molecular weight is 388 g/mol. The molecule has 0 aromatic heterocycles. The first-order valence-electron chi connectivity index (χ1n) is 8.43. The first-order chi connectivity index (χ1) is 10.6. The normalized spacial score (nSPS) is 22.2. The van der Waals surface area contributed by atoms with Crippen molar-refractivity contribution in [3.8, 4) is 0 Å². The van der Waals surface area contributed by atoms with Crippen LogP contribution in [0.4, 0.5) is 0 Å². The molecule has 3 atom stereocenters. The third-order valence-corrected chi connectivity index (χ3v) is 4.31. The Labute approximate surface area is 159 Å². The van der Waals surface area contributed by atoms with Crippen LogP contribution < -0.4 is 11.1 Å². The van der Waals surface area contributed by atoms with Crippen molar-refractivity contribution in [2.45, 2.75) is 45.3 Å². The molecule has 8 heteroatoms. The summed E-state index contributed by atoms with van der Waals surface area (Å²) >= 11 is 0. The van der Waals surface area contributed by atoms with Crippen LogP contribution in [0.25, 0.3) is 0 Å². The molecule has 1 saturated heterocycles. The third kappa shape index (κ3) is 10.0. The topological polar surface area (TPSA) is 76.8 Å². The zero-order chi connectivity index (χ0) is 16.4. The minimum absolute atomic E-state index is 0. The van der Waals surface area contributed by atoms with Crippen LogP contribution in [-0.2, 0) is 14.3 Å². The van der Waals surface area contributed by atoms with E-state index in [1.807, 2.05) is 6.92 Å². The molecular weight excluding hydrogens is 353 g/mol. The molecule has 6 nitrogen and oxygen atoms in total. The van der Waals surface area contributed by atoms with Gasteiger partial charge in [0.25, 0.3) is 0 Å². The van der Waals surface area contributed by atoms with E-state index in [2.05, 4.69) is 17.1 Å². The number of rotatable bonds is 10. The van der Waals surface area contributed by atoms with Gasteiger partial charge in [0.05, 0.1) is 12.5 Å². The molecule has 0 aliphatic carbocycles. The lowest BCUT2D eigenvalue weighted by Crippen LogP contribution is -2.50. The highest BCUT2D eigenvalue weighted by Crippen LogP contribution is 2.17. The first-order valence-corrected chi connectivity index (χ1v) is 8.43. The van der Waals surface area contributed by atoms with Gasteiger partial charge in [-0.3, -0.25) is 4.79 Å². The quantitative estimate of drug-likeness (QED) is 0.554. The maximum atomic E-state index is 12.0. The SMILES string of the molecule is CCOCCCN1CCC(NC(=O)CC(CN)OC)C(C)C1.Cl.Cl. The maximum absolute atomic E-state index is 12.0. The molecule has 0 aromatic carbocycles. The van der Waals surface area contributed by atoms with Crippen molar-refractivity contribution in [1.29, 1.82) is 0 Å². The van der Waals surface area contributed by atoms with Crippen LogP contribution in [0.15, 0.2) is 0 Å². The van der Waals surface area contributed by atoms with Crippen LogP contribution >= 0.6 is 24.8 Å². The Kier molecular flexibility index (Phi) is 16.5. The largest absolute Gasteiger partial charge is 0.382 e. The number of hydrogen-bond donors (Lipinski definition) is 2. The molecule has 1 aliphatic heterocycles. The zero-order valence-corrected chi connectivity index (χ0v) is 16.8. The van der Waals surface area contributed by atoms with Gasteiger partial charge in [-0.25, -0.2) is 0 Å². The van der Waals surface area contributed by atoms with Crippen LogP contribution in [0.2, 0.25) is 0 Å². The smallest absolute Gasteiger partial charge is 0.222 e. The highest BCUT2D eigenvalue weighted by atomic mass is 35.5. The van der Waals surface area contributed by atoms with Gasteiger partial charge in [0.15, 0.2) is 0 Å². The van der Waals surface area contributed by atoms with Gasteiger partial charge in [0, 0.05) is 52.5 Å². The second-order valence-electron chi connectivity index (χ2n) is 6.09. The minimum atomic E-state index is -0.186. The fraction of sp³-hybridized carbons (Fsp3) is 0.938. The van der Waals surface area contributed by atoms with Gasteiger partial charge < -0.3 is 25.4 Å². The zero-order valence-electron chi connectivity index (χ0n) is 15.2. The molecule has 1 rings (SSSR count). The second-order valence-corrected chi connectivity index (χ2v) is 6.09. The number of methoxy groups -OCH3 is 1. The first kappa shape index (κ1) is 26.1. The average Bonchev–Trinajstić information content (AvgIpc) is 2.51. The van der Waals surface area contributed by atoms with Crippen molar-refractivity contribution in [2.24, 2.45) is 11.7 Å². The summed E-state index contributed by atoms with van der Waals surface area (Å²) in [5.74, 6) is 0.502. The Morgan fingerprint density at radius 1 is 1.42 bits per heavy atom. The number of likely N-dealkylation sites (tertiary alicyclic amines) is 1. The summed E-state index contributed by atoms with van der Waals surface area (Å²) in [6, 6.07) is 0.255. The van der Waals surface area contributed by atoms with Gasteiger partial charge >= 0.3 is 0 Å². The molecule has 3 N–H and O–H groups in total. The number of hydrogen-bond acceptors (Lipinski definition) is 5. The van der Waals surface area contributed by atoms with E-state index >= 15 is 0 Å². The molecule has 1 heterocycles. The molecule has 0 aromatic rings. The number of amides is 1. The van der Waals surface area contributed by atoms with Crippen molar-refractivity contribution in [2.75, 3.05) is 46.5 Å². The summed E-state index contributed by atoms with van der Waals surface area (Å²) in [6.45, 7) is 9.36. The number of piperidine rings is 1. The Balaban J connectivity index is 0. The Bertz CT molecular complexity index is 321. The lowest BCUT2D eigenvalue weighted by molar-refractivity contribution is -0.124. The van der Waals surface area contributed by atoms with Crippen molar-refractivity contribution in [3.63, 3.8) is 0 Å². The lowest BCUT2D eigenvalue weighted by atomic mass is 9.93. The van der Waals surface area contributed by atoms with E-state index in [1.165, 1.54) is 0 Å². The van der Waals surface area contributed by atoms with E-state index in [-0.39, 0.29) is 42.9 Å². The fourth-order valence-electron chi connectivity index (χ4n) is 2.92. The van der Waals surface area contributed by atoms with Crippen LogP contribution in [0.3, 0.4) is 0 Å². The molecule has 0 saturated carbocycles. The molecule has 1 fully saturated rings. The molecule has 0 radical (unpaired) electrons. The molecular formula is C16H35Cl2N3O3. The predicted molar refractivity (Wildman–Crippen MR) is 102 cm³/mol. The standard InChI is InChI=1S/C16H33N3O3.2ClH/c1-4-22-9-5-7-19-8-6-15(13(2)12-19)18-16(20)10-14(11-17)21-3;;/h13-15H,4-12,17H2,1-3H3,(H,18,20);2*1H. The Hall–Kier alpha value is -0.110. The van der Waals surface area contributed by atoms with Crippen LogP contribution in [0.5, 0.6) is 0 Å². The van der Waals surface area contributed by atoms with Crippen LogP contribution in [-0.4, -0.2) is 69.5 Å². The van der Waals surface area contributed by atoms with Crippen LogP contribution in [0.1, 0.15) is 33.1 Å². The summed E-state index contributed by atoms with van der Waals surface area (Å²) in [7, 11) is 1.59. The number of ether oxygens (including phenoxy) is 2. The van der Waals surface area contributed by atoms with Crippen molar-refractivity contribution >= 4 is 30.7 Å². The van der Waals surface area contributed by atoms with Gasteiger partial charge in [0.1, 0.15) is 0 Å². The van der Waals surface area contributed by atoms with Crippen molar-refractivity contribution in [3.05, 3.63) is 0 Å². The van der Waals surface area contributed by atoms with Gasteiger partial charge in [-0.05, 0) is 25.7 Å². The molecule has 1 amide bonds. The van der Waals surface area contributed by atoms with E-state index in [4.69, 9.17) is 15.2 Å².